The zero-order valence-corrected chi connectivity index (χ0v) is 13.4. The van der Waals surface area contributed by atoms with E-state index in [1.165, 1.54) is 19.1 Å². The summed E-state index contributed by atoms with van der Waals surface area (Å²) in [5, 5.41) is 11.2. The number of benzene rings is 1. The maximum atomic E-state index is 12.8. The number of hydrogen-bond acceptors (Lipinski definition) is 3. The Morgan fingerprint density at radius 1 is 1.36 bits per heavy atom. The number of aliphatic carboxylic acids is 1. The molecular formula is C16H16F3N3O3. The van der Waals surface area contributed by atoms with Crippen LogP contribution in [-0.2, 0) is 11.0 Å². The lowest BCUT2D eigenvalue weighted by molar-refractivity contribution is -0.138. The summed E-state index contributed by atoms with van der Waals surface area (Å²) in [6.07, 6.45) is -4.74. The van der Waals surface area contributed by atoms with Crippen LogP contribution in [0.15, 0.2) is 24.3 Å². The van der Waals surface area contributed by atoms with E-state index in [2.05, 4.69) is 15.3 Å². The molecule has 0 saturated carbocycles. The van der Waals surface area contributed by atoms with Crippen molar-refractivity contribution in [2.24, 2.45) is 0 Å². The van der Waals surface area contributed by atoms with Crippen molar-refractivity contribution in [3.05, 3.63) is 41.2 Å². The molecule has 25 heavy (non-hydrogen) atoms. The molecule has 3 N–H and O–H groups in total. The third-order valence-electron chi connectivity index (χ3n) is 3.42. The lowest BCUT2D eigenvalue weighted by atomic mass is 10.1. The van der Waals surface area contributed by atoms with Gasteiger partial charge in [-0.3, -0.25) is 9.59 Å². The Morgan fingerprint density at radius 3 is 2.64 bits per heavy atom. The first-order chi connectivity index (χ1) is 11.6. The molecule has 0 radical (unpaired) electrons. The second-order valence-corrected chi connectivity index (χ2v) is 5.61. The van der Waals surface area contributed by atoms with Crippen LogP contribution in [0, 0.1) is 6.92 Å². The lowest BCUT2D eigenvalue weighted by Gasteiger charge is -2.10. The molecule has 0 fully saturated rings. The Kier molecular flexibility index (Phi) is 5.15. The fourth-order valence-electron chi connectivity index (χ4n) is 2.27. The molecule has 2 rings (SSSR count). The SMILES string of the molecule is Cc1[nH]c(-c2cccc(C(F)(F)F)c2)nc1C(=O)NC(C)CC(=O)O. The molecule has 1 atom stereocenters. The zero-order valence-electron chi connectivity index (χ0n) is 13.4. The highest BCUT2D eigenvalue weighted by Crippen LogP contribution is 2.31. The van der Waals surface area contributed by atoms with Gasteiger partial charge in [-0.15, -0.1) is 0 Å². The number of rotatable bonds is 5. The molecular weight excluding hydrogens is 339 g/mol. The van der Waals surface area contributed by atoms with Gasteiger partial charge in [0.15, 0.2) is 0 Å². The molecule has 0 spiro atoms. The first-order valence-electron chi connectivity index (χ1n) is 7.35. The van der Waals surface area contributed by atoms with E-state index in [0.717, 1.165) is 12.1 Å². The van der Waals surface area contributed by atoms with Crippen molar-refractivity contribution in [2.45, 2.75) is 32.5 Å². The predicted octanol–water partition coefficient (Wildman–Crippen LogP) is 3.00. The molecule has 1 aromatic carbocycles. The van der Waals surface area contributed by atoms with E-state index in [4.69, 9.17) is 5.11 Å². The molecule has 0 saturated heterocycles. The number of aromatic nitrogens is 2. The third-order valence-corrected chi connectivity index (χ3v) is 3.42. The molecule has 1 aromatic heterocycles. The maximum absolute atomic E-state index is 12.8. The van der Waals surface area contributed by atoms with Gasteiger partial charge in [-0.05, 0) is 26.0 Å². The average molecular weight is 355 g/mol. The van der Waals surface area contributed by atoms with Gasteiger partial charge in [-0.1, -0.05) is 12.1 Å². The number of nitrogens with zero attached hydrogens (tertiary/aromatic N) is 1. The summed E-state index contributed by atoms with van der Waals surface area (Å²) in [4.78, 5) is 29.6. The molecule has 1 unspecified atom stereocenters. The minimum Gasteiger partial charge on any atom is -0.481 e. The number of hydrogen-bond donors (Lipinski definition) is 3. The number of carboxylic acid groups (broad SMARTS) is 1. The molecule has 0 aliphatic carbocycles. The van der Waals surface area contributed by atoms with Crippen LogP contribution in [0.2, 0.25) is 0 Å². The average Bonchev–Trinajstić information content (AvgIpc) is 2.87. The van der Waals surface area contributed by atoms with Gasteiger partial charge in [-0.25, -0.2) is 4.98 Å². The van der Waals surface area contributed by atoms with Crippen LogP contribution in [0.1, 0.15) is 35.1 Å². The number of H-pyrrole nitrogens is 1. The smallest absolute Gasteiger partial charge is 0.416 e. The molecule has 0 aliphatic heterocycles. The molecule has 9 heteroatoms. The number of carbonyl (C=O) groups excluding carboxylic acids is 1. The number of amides is 1. The van der Waals surface area contributed by atoms with Gasteiger partial charge < -0.3 is 15.4 Å². The van der Waals surface area contributed by atoms with Crippen molar-refractivity contribution in [3.63, 3.8) is 0 Å². The standard InChI is InChI=1S/C16H16F3N3O3/c1-8(6-12(23)24)20-15(25)13-9(2)21-14(22-13)10-4-3-5-11(7-10)16(17,18)19/h3-5,7-8H,6H2,1-2H3,(H,20,25)(H,21,22)(H,23,24). The monoisotopic (exact) mass is 355 g/mol. The summed E-state index contributed by atoms with van der Waals surface area (Å²) in [6.45, 7) is 3.09. The number of aryl methyl sites for hydroxylation is 1. The van der Waals surface area contributed by atoms with Gasteiger partial charge in [0.2, 0.25) is 0 Å². The molecule has 1 amide bonds. The number of imidazole rings is 1. The second-order valence-electron chi connectivity index (χ2n) is 5.61. The molecule has 1 heterocycles. The van der Waals surface area contributed by atoms with E-state index in [1.807, 2.05) is 0 Å². The first-order valence-corrected chi connectivity index (χ1v) is 7.35. The Balaban J connectivity index is 2.25. The van der Waals surface area contributed by atoms with Crippen molar-refractivity contribution in [3.8, 4) is 11.4 Å². The van der Waals surface area contributed by atoms with E-state index in [1.54, 1.807) is 6.92 Å². The van der Waals surface area contributed by atoms with Crippen LogP contribution < -0.4 is 5.32 Å². The number of carbonyl (C=O) groups is 2. The summed E-state index contributed by atoms with van der Waals surface area (Å²) < 4.78 is 38.4. The van der Waals surface area contributed by atoms with Crippen LogP contribution in [0.25, 0.3) is 11.4 Å². The Hall–Kier alpha value is -2.84. The number of nitrogens with one attached hydrogen (secondary N) is 2. The molecule has 6 nitrogen and oxygen atoms in total. The third kappa shape index (κ3) is 4.59. The fourth-order valence-corrected chi connectivity index (χ4v) is 2.27. The van der Waals surface area contributed by atoms with Gasteiger partial charge in [-0.2, -0.15) is 13.2 Å². The lowest BCUT2D eigenvalue weighted by Crippen LogP contribution is -2.34. The van der Waals surface area contributed by atoms with Gasteiger partial charge in [0, 0.05) is 17.3 Å². The summed E-state index contributed by atoms with van der Waals surface area (Å²) >= 11 is 0. The van der Waals surface area contributed by atoms with E-state index in [0.29, 0.717) is 5.69 Å². The van der Waals surface area contributed by atoms with Crippen LogP contribution in [-0.4, -0.2) is 33.0 Å². The highest BCUT2D eigenvalue weighted by Gasteiger charge is 2.30. The highest BCUT2D eigenvalue weighted by molar-refractivity contribution is 5.94. The van der Waals surface area contributed by atoms with E-state index in [9.17, 15) is 22.8 Å². The number of alkyl halides is 3. The Bertz CT molecular complexity index is 799. The van der Waals surface area contributed by atoms with Crippen molar-refractivity contribution in [2.75, 3.05) is 0 Å². The number of aromatic amines is 1. The van der Waals surface area contributed by atoms with Crippen molar-refractivity contribution < 1.29 is 27.9 Å². The Labute approximate surface area is 141 Å². The maximum Gasteiger partial charge on any atom is 0.416 e. The summed E-state index contributed by atoms with van der Waals surface area (Å²) in [5.74, 6) is -1.53. The van der Waals surface area contributed by atoms with Crippen LogP contribution >= 0.6 is 0 Å². The first kappa shape index (κ1) is 18.5. The van der Waals surface area contributed by atoms with E-state index >= 15 is 0 Å². The summed E-state index contributed by atoms with van der Waals surface area (Å²) in [6, 6.07) is 3.97. The highest BCUT2D eigenvalue weighted by atomic mass is 19.4. The van der Waals surface area contributed by atoms with Crippen molar-refractivity contribution >= 4 is 11.9 Å². The Morgan fingerprint density at radius 2 is 2.04 bits per heavy atom. The van der Waals surface area contributed by atoms with Gasteiger partial charge in [0.25, 0.3) is 5.91 Å². The largest absolute Gasteiger partial charge is 0.481 e. The number of carboxylic acids is 1. The van der Waals surface area contributed by atoms with Crippen molar-refractivity contribution in [1.82, 2.24) is 15.3 Å². The minimum absolute atomic E-state index is 0.00431. The topological polar surface area (TPSA) is 95.1 Å². The quantitative estimate of drug-likeness (QED) is 0.768. The van der Waals surface area contributed by atoms with Gasteiger partial charge in [0.05, 0.1) is 12.0 Å². The summed E-state index contributed by atoms with van der Waals surface area (Å²) in [5.41, 5.74) is -0.257. The second kappa shape index (κ2) is 6.96. The predicted molar refractivity (Wildman–Crippen MR) is 82.9 cm³/mol. The normalized spacial score (nSPS) is 12.7. The van der Waals surface area contributed by atoms with Crippen LogP contribution in [0.5, 0.6) is 0 Å². The van der Waals surface area contributed by atoms with Gasteiger partial charge >= 0.3 is 12.1 Å². The molecule has 0 bridgehead atoms. The molecule has 2 aromatic rings. The van der Waals surface area contributed by atoms with E-state index in [-0.39, 0.29) is 23.5 Å². The molecule has 0 aliphatic rings. The van der Waals surface area contributed by atoms with Crippen LogP contribution in [0.4, 0.5) is 13.2 Å². The summed E-state index contributed by atoms with van der Waals surface area (Å²) in [7, 11) is 0. The fraction of sp³-hybridized carbons (Fsp3) is 0.312. The number of halogens is 3. The molecule has 134 valence electrons. The van der Waals surface area contributed by atoms with Gasteiger partial charge in [0.1, 0.15) is 11.5 Å². The van der Waals surface area contributed by atoms with Crippen LogP contribution in [0.3, 0.4) is 0 Å². The van der Waals surface area contributed by atoms with Crippen molar-refractivity contribution in [1.29, 1.82) is 0 Å². The van der Waals surface area contributed by atoms with E-state index < -0.39 is 29.7 Å². The zero-order chi connectivity index (χ0) is 18.8. The minimum atomic E-state index is -4.48.